The lowest BCUT2D eigenvalue weighted by Crippen LogP contribution is -2.31. The molecule has 6 heteroatoms. The van der Waals surface area contributed by atoms with Crippen LogP contribution in [0.2, 0.25) is 0 Å². The van der Waals surface area contributed by atoms with Crippen LogP contribution in [0.1, 0.15) is 24.0 Å². The molecule has 122 valence electrons. The Labute approximate surface area is 139 Å². The van der Waals surface area contributed by atoms with E-state index in [1.807, 2.05) is 24.3 Å². The Morgan fingerprint density at radius 1 is 1.12 bits per heavy atom. The molecule has 3 rings (SSSR count). The maximum atomic E-state index is 11.4. The van der Waals surface area contributed by atoms with Crippen molar-refractivity contribution in [2.75, 3.05) is 6.54 Å². The molecule has 0 bridgehead atoms. The summed E-state index contributed by atoms with van der Waals surface area (Å²) in [5, 5.41) is 15.0. The molecule has 1 heterocycles. The molecule has 1 aliphatic heterocycles. The summed E-state index contributed by atoms with van der Waals surface area (Å²) in [5.41, 5.74) is 9.47. The molecule has 24 heavy (non-hydrogen) atoms. The van der Waals surface area contributed by atoms with Crippen molar-refractivity contribution in [2.24, 2.45) is 10.8 Å². The van der Waals surface area contributed by atoms with Crippen LogP contribution in [0.15, 0.2) is 59.2 Å². The minimum Gasteiger partial charge on any atom is -0.481 e. The maximum Gasteiger partial charge on any atom is 0.303 e. The number of nitrogens with zero attached hydrogens (tertiary/aromatic N) is 2. The SMILES string of the molecule is NC1=NN(CCCC(=O)O)C(=C2C=CC(=O)C=C2)c2ccccc21. The van der Waals surface area contributed by atoms with Crippen molar-refractivity contribution >= 4 is 23.3 Å². The van der Waals surface area contributed by atoms with Crippen molar-refractivity contribution < 1.29 is 14.7 Å². The van der Waals surface area contributed by atoms with Gasteiger partial charge >= 0.3 is 5.97 Å². The molecule has 1 aromatic rings. The molecule has 6 nitrogen and oxygen atoms in total. The molecule has 0 radical (unpaired) electrons. The van der Waals surface area contributed by atoms with Gasteiger partial charge in [-0.2, -0.15) is 5.10 Å². The third-order valence-electron chi connectivity index (χ3n) is 3.83. The van der Waals surface area contributed by atoms with E-state index in [-0.39, 0.29) is 12.2 Å². The van der Waals surface area contributed by atoms with Gasteiger partial charge in [0.2, 0.25) is 0 Å². The Morgan fingerprint density at radius 2 is 1.79 bits per heavy atom. The highest BCUT2D eigenvalue weighted by atomic mass is 16.4. The number of rotatable bonds is 4. The smallest absolute Gasteiger partial charge is 0.303 e. The Balaban J connectivity index is 2.04. The number of nitrogens with two attached hydrogens (primary N) is 1. The molecule has 0 saturated heterocycles. The minimum atomic E-state index is -0.846. The number of carboxylic acid groups (broad SMARTS) is 1. The summed E-state index contributed by atoms with van der Waals surface area (Å²) >= 11 is 0. The predicted octanol–water partition coefficient (Wildman–Crippen LogP) is 1.89. The van der Waals surface area contributed by atoms with E-state index in [0.717, 1.165) is 22.4 Å². The van der Waals surface area contributed by atoms with E-state index in [0.29, 0.717) is 18.8 Å². The van der Waals surface area contributed by atoms with Crippen LogP contribution in [0.25, 0.3) is 5.70 Å². The first-order chi connectivity index (χ1) is 11.6. The molecule has 2 aliphatic rings. The lowest BCUT2D eigenvalue weighted by atomic mass is 9.96. The number of aliphatic carboxylic acids is 1. The number of amidine groups is 1. The number of hydrogen-bond donors (Lipinski definition) is 2. The van der Waals surface area contributed by atoms with Crippen LogP contribution in [0, 0.1) is 0 Å². The van der Waals surface area contributed by atoms with Gasteiger partial charge in [0.1, 0.15) is 0 Å². The van der Waals surface area contributed by atoms with Gasteiger partial charge in [-0.3, -0.25) is 14.6 Å². The molecule has 0 unspecified atom stereocenters. The number of fused-ring (bicyclic) bond motifs is 1. The lowest BCUT2D eigenvalue weighted by molar-refractivity contribution is -0.137. The van der Waals surface area contributed by atoms with Crippen LogP contribution in [0.4, 0.5) is 0 Å². The van der Waals surface area contributed by atoms with E-state index in [9.17, 15) is 9.59 Å². The molecule has 1 aromatic carbocycles. The first kappa shape index (κ1) is 15.7. The maximum absolute atomic E-state index is 11.4. The van der Waals surface area contributed by atoms with Crippen LogP contribution >= 0.6 is 0 Å². The Bertz CT molecular complexity index is 801. The second-order valence-electron chi connectivity index (χ2n) is 5.52. The summed E-state index contributed by atoms with van der Waals surface area (Å²) < 4.78 is 0. The van der Waals surface area contributed by atoms with Gasteiger partial charge in [-0.25, -0.2) is 0 Å². The number of ketones is 1. The van der Waals surface area contributed by atoms with Crippen LogP contribution < -0.4 is 5.73 Å². The van der Waals surface area contributed by atoms with Crippen LogP contribution in [-0.4, -0.2) is 34.2 Å². The predicted molar refractivity (Wildman–Crippen MR) is 90.9 cm³/mol. The second-order valence-corrected chi connectivity index (χ2v) is 5.52. The number of allylic oxidation sites excluding steroid dienone is 5. The third-order valence-corrected chi connectivity index (χ3v) is 3.83. The van der Waals surface area contributed by atoms with Gasteiger partial charge in [0.05, 0.1) is 5.70 Å². The number of carbonyl (C=O) groups is 2. The van der Waals surface area contributed by atoms with Crippen molar-refractivity contribution in [1.82, 2.24) is 5.01 Å². The van der Waals surface area contributed by atoms with E-state index in [4.69, 9.17) is 10.8 Å². The summed E-state index contributed by atoms with van der Waals surface area (Å²) in [4.78, 5) is 22.2. The Morgan fingerprint density at radius 3 is 2.46 bits per heavy atom. The fourth-order valence-corrected chi connectivity index (χ4v) is 2.75. The number of benzene rings is 1. The van der Waals surface area contributed by atoms with E-state index in [1.165, 1.54) is 12.2 Å². The number of carbonyl (C=O) groups excluding carboxylic acids is 1. The fourth-order valence-electron chi connectivity index (χ4n) is 2.75. The molecular formula is C18H17N3O3. The zero-order chi connectivity index (χ0) is 17.1. The van der Waals surface area contributed by atoms with Crippen LogP contribution in [0.3, 0.4) is 0 Å². The topological polar surface area (TPSA) is 96.0 Å². The van der Waals surface area contributed by atoms with Crippen molar-refractivity contribution in [3.05, 3.63) is 65.3 Å². The van der Waals surface area contributed by atoms with Gasteiger partial charge in [-0.1, -0.05) is 24.3 Å². The fraction of sp³-hybridized carbons (Fsp3) is 0.167. The largest absolute Gasteiger partial charge is 0.481 e. The zero-order valence-corrected chi connectivity index (χ0v) is 13.0. The molecule has 0 saturated carbocycles. The molecular weight excluding hydrogens is 306 g/mol. The Kier molecular flexibility index (Phi) is 4.29. The van der Waals surface area contributed by atoms with Crippen molar-refractivity contribution in [3.8, 4) is 0 Å². The zero-order valence-electron chi connectivity index (χ0n) is 13.0. The van der Waals surface area contributed by atoms with Crippen LogP contribution in [-0.2, 0) is 9.59 Å². The van der Waals surface area contributed by atoms with E-state index in [1.54, 1.807) is 17.2 Å². The van der Waals surface area contributed by atoms with Gasteiger partial charge in [0.15, 0.2) is 11.6 Å². The molecule has 0 amide bonds. The second kappa shape index (κ2) is 6.54. The number of hydrogen-bond acceptors (Lipinski definition) is 5. The lowest BCUT2D eigenvalue weighted by Gasteiger charge is -2.30. The van der Waals surface area contributed by atoms with E-state index >= 15 is 0 Å². The van der Waals surface area contributed by atoms with Crippen molar-refractivity contribution in [3.63, 3.8) is 0 Å². The first-order valence-corrected chi connectivity index (χ1v) is 7.64. The van der Waals surface area contributed by atoms with E-state index < -0.39 is 5.97 Å². The van der Waals surface area contributed by atoms with Crippen molar-refractivity contribution in [1.29, 1.82) is 0 Å². The highest BCUT2D eigenvalue weighted by Gasteiger charge is 2.24. The first-order valence-electron chi connectivity index (χ1n) is 7.64. The number of carboxylic acids is 1. The highest BCUT2D eigenvalue weighted by molar-refractivity contribution is 6.06. The average Bonchev–Trinajstić information content (AvgIpc) is 2.56. The standard InChI is InChI=1S/C18H17N3O3/c19-18-15-5-2-1-4-14(15)17(12-7-9-13(22)10-8-12)21(20-18)11-3-6-16(23)24/h1-2,4-5,7-10H,3,6,11H2,(H2,19,20)(H,23,24). The van der Waals surface area contributed by atoms with Gasteiger partial charge in [0, 0.05) is 29.7 Å². The number of hydrazone groups is 1. The van der Waals surface area contributed by atoms with Gasteiger partial charge < -0.3 is 10.8 Å². The summed E-state index contributed by atoms with van der Waals surface area (Å²) in [7, 11) is 0. The van der Waals surface area contributed by atoms with E-state index in [2.05, 4.69) is 5.10 Å². The molecule has 3 N–H and O–H groups in total. The minimum absolute atomic E-state index is 0.0559. The summed E-state index contributed by atoms with van der Waals surface area (Å²) in [6.45, 7) is 0.426. The molecule has 0 atom stereocenters. The third kappa shape index (κ3) is 3.12. The normalized spacial score (nSPS) is 16.2. The molecule has 0 spiro atoms. The summed E-state index contributed by atoms with van der Waals surface area (Å²) in [6, 6.07) is 7.64. The summed E-state index contributed by atoms with van der Waals surface area (Å²) in [5.74, 6) is -0.518. The van der Waals surface area contributed by atoms with Gasteiger partial charge in [-0.15, -0.1) is 0 Å². The molecule has 0 aromatic heterocycles. The molecule has 1 aliphatic carbocycles. The monoisotopic (exact) mass is 323 g/mol. The van der Waals surface area contributed by atoms with Gasteiger partial charge in [0.25, 0.3) is 0 Å². The molecule has 0 fully saturated rings. The quantitative estimate of drug-likeness (QED) is 0.882. The average molecular weight is 323 g/mol. The van der Waals surface area contributed by atoms with Crippen molar-refractivity contribution in [2.45, 2.75) is 12.8 Å². The summed E-state index contributed by atoms with van der Waals surface area (Å²) in [6.07, 6.45) is 6.99. The van der Waals surface area contributed by atoms with Gasteiger partial charge in [-0.05, 0) is 30.7 Å². The highest BCUT2D eigenvalue weighted by Crippen LogP contribution is 2.32. The van der Waals surface area contributed by atoms with Crippen LogP contribution in [0.5, 0.6) is 0 Å². The Hall–Kier alpha value is -3.15.